The van der Waals surface area contributed by atoms with Gasteiger partial charge in [0.05, 0.1) is 5.69 Å². The zero-order valence-electron chi connectivity index (χ0n) is 12.9. The number of aromatic nitrogens is 1. The third kappa shape index (κ3) is 3.72. The van der Waals surface area contributed by atoms with Gasteiger partial charge >= 0.3 is 0 Å². The molecule has 8 heteroatoms. The molecule has 0 bridgehead atoms. The minimum atomic E-state index is -0.495. The summed E-state index contributed by atoms with van der Waals surface area (Å²) < 4.78 is 7.33. The van der Waals surface area contributed by atoms with Crippen molar-refractivity contribution < 1.29 is 11.0 Å². The number of nitrogens with one attached hydrogen (secondary N) is 1. The smallest absolute Gasteiger partial charge is 0.264 e. The van der Waals surface area contributed by atoms with Crippen LogP contribution in [0.3, 0.4) is 0 Å². The number of anilines is 1. The summed E-state index contributed by atoms with van der Waals surface area (Å²) >= 11 is 13.0. The van der Waals surface area contributed by atoms with Crippen molar-refractivity contribution in [2.75, 3.05) is 11.2 Å². The lowest BCUT2D eigenvalue weighted by Gasteiger charge is -2.24. The molecule has 0 atom stereocenters. The van der Waals surface area contributed by atoms with E-state index in [0.29, 0.717) is 11.8 Å². The number of aldehydes is 1. The normalized spacial score (nSPS) is 11.8. The molecule has 0 fully saturated rings. The van der Waals surface area contributed by atoms with Gasteiger partial charge in [-0.05, 0) is 24.5 Å². The van der Waals surface area contributed by atoms with Crippen molar-refractivity contribution in [1.29, 1.82) is 5.40 Å². The van der Waals surface area contributed by atoms with Gasteiger partial charge < -0.3 is 0 Å². The Morgan fingerprint density at radius 2 is 2.09 bits per heavy atom. The minimum Gasteiger partial charge on any atom is -0.298 e. The number of amides is 1. The molecule has 118 valence electrons. The molecule has 5 nitrogen and oxygen atoms in total. The summed E-state index contributed by atoms with van der Waals surface area (Å²) in [5, 5.41) is 3.29. The van der Waals surface area contributed by atoms with Crippen LogP contribution in [0.4, 0.5) is 5.69 Å². The van der Waals surface area contributed by atoms with E-state index < -0.39 is 5.91 Å². The molecule has 0 unspecified atom stereocenters. The van der Waals surface area contributed by atoms with E-state index in [-0.39, 0.29) is 26.7 Å². The van der Waals surface area contributed by atoms with Crippen molar-refractivity contribution in [3.63, 3.8) is 0 Å². The number of nitrogens with zero attached hydrogens (tertiary/aromatic N) is 2. The fraction of sp³-hybridized carbons (Fsp3) is 0.0667. The maximum atomic E-state index is 12.9. The van der Waals surface area contributed by atoms with E-state index in [1.54, 1.807) is 36.6 Å². The number of amidine groups is 1. The molecule has 1 heterocycles. The minimum absolute atomic E-state index is 0.0199. The predicted molar refractivity (Wildman–Crippen MR) is 94.1 cm³/mol. The van der Waals surface area contributed by atoms with Gasteiger partial charge in [0.25, 0.3) is 5.91 Å². The Morgan fingerprint density at radius 3 is 2.65 bits per heavy atom. The van der Waals surface area contributed by atoms with Crippen molar-refractivity contribution in [2.24, 2.45) is 0 Å². The van der Waals surface area contributed by atoms with Crippen molar-refractivity contribution in [1.82, 2.24) is 4.98 Å². The van der Waals surface area contributed by atoms with Gasteiger partial charge in [0.2, 0.25) is 0 Å². The molecule has 1 N–H and O–H groups in total. The quantitative estimate of drug-likeness (QED) is 0.382. The summed E-state index contributed by atoms with van der Waals surface area (Å²) in [6.45, 7) is 0. The maximum Gasteiger partial charge on any atom is 0.264 e. The first-order valence-electron chi connectivity index (χ1n) is 6.75. The van der Waals surface area contributed by atoms with Crippen LogP contribution in [0.25, 0.3) is 0 Å². The van der Waals surface area contributed by atoms with Crippen LogP contribution in [-0.2, 0) is 0 Å². The first-order valence-corrected chi connectivity index (χ1v) is 8.28. The SMILES string of the molecule is [H]/N=C(/SC)N(C(=O)c1ccccc1)c1c(C=O)cc(Cl)nc1Cl. The fourth-order valence-electron chi connectivity index (χ4n) is 1.89. The second-order valence-electron chi connectivity index (χ2n) is 4.28. The Labute approximate surface area is 148 Å². The average Bonchev–Trinajstić information content (AvgIpc) is 2.60. The number of halogens is 2. The van der Waals surface area contributed by atoms with Crippen LogP contribution in [0.5, 0.6) is 0 Å². The highest BCUT2D eigenvalue weighted by molar-refractivity contribution is 8.13. The lowest BCUT2D eigenvalue weighted by atomic mass is 10.1. The van der Waals surface area contributed by atoms with E-state index in [1.807, 2.05) is 0 Å². The summed E-state index contributed by atoms with van der Waals surface area (Å²) in [6.07, 6.45) is 2.17. The number of pyridine rings is 1. The molecule has 0 spiro atoms. The molecular weight excluding hydrogens is 357 g/mol. The standard InChI is InChI=1S/C15H11Cl2N3O2S/c1-23-15(18)20(14(22)9-5-3-2-4-6-9)12-10(8-21)7-11(16)19-13(12)17/h2-8,18H,1H3/b18-15+. The summed E-state index contributed by atoms with van der Waals surface area (Å²) in [5.41, 5.74) is 0.445. The van der Waals surface area contributed by atoms with Gasteiger partial charge in [-0.2, -0.15) is 0 Å². The molecule has 0 aliphatic carbocycles. The van der Waals surface area contributed by atoms with Crippen LogP contribution in [0.2, 0.25) is 11.7 Å². The van der Waals surface area contributed by atoms with Gasteiger partial charge in [0.1, 0.15) is 5.15 Å². The first-order chi connectivity index (χ1) is 11.5. The monoisotopic (exact) mass is 367 g/mol. The van der Waals surface area contributed by atoms with Gasteiger partial charge in [-0.25, -0.2) is 4.98 Å². The second kappa shape index (κ2) is 7.59. The zero-order chi connectivity index (χ0) is 17.7. The van der Waals surface area contributed by atoms with Crippen molar-refractivity contribution in [2.45, 2.75) is 0 Å². The molecule has 23 heavy (non-hydrogen) atoms. The van der Waals surface area contributed by atoms with Crippen molar-refractivity contribution >= 4 is 58.0 Å². The van der Waals surface area contributed by atoms with Crippen LogP contribution < -0.4 is 4.90 Å². The Balaban J connectivity index is 2.69. The van der Waals surface area contributed by atoms with Crippen LogP contribution in [0.1, 0.15) is 20.7 Å². The van der Waals surface area contributed by atoms with Gasteiger partial charge in [-0.1, -0.05) is 53.2 Å². The summed E-state index contributed by atoms with van der Waals surface area (Å²) in [5.74, 6) is -0.495. The lowest BCUT2D eigenvalue weighted by Crippen LogP contribution is -2.36. The molecule has 1 amide bonds. The Morgan fingerprint density at radius 1 is 1.39 bits per heavy atom. The molecular formula is C15H11Cl2N3O2S. The second-order valence-corrected chi connectivity index (χ2v) is 5.80. The van der Waals surface area contributed by atoms with E-state index in [0.717, 1.165) is 16.7 Å². The number of hydrogen-bond donors (Lipinski definition) is 1. The number of carbonyl (C=O) groups is 2. The number of benzene rings is 1. The molecule has 0 saturated heterocycles. The maximum absolute atomic E-state index is 12.9. The highest BCUT2D eigenvalue weighted by atomic mass is 35.5. The summed E-state index contributed by atoms with van der Waals surface area (Å²) in [6, 6.07) is 9.67. The fourth-order valence-corrected chi connectivity index (χ4v) is 2.78. The van der Waals surface area contributed by atoms with E-state index in [9.17, 15) is 9.59 Å². The molecule has 0 saturated carbocycles. The highest BCUT2D eigenvalue weighted by Crippen LogP contribution is 2.32. The van der Waals surface area contributed by atoms with Crippen LogP contribution in [-0.4, -0.2) is 28.6 Å². The Hall–Kier alpha value is -1.89. The molecule has 0 radical (unpaired) electrons. The first kappa shape index (κ1) is 16.0. The van der Waals surface area contributed by atoms with E-state index in [1.165, 1.54) is 6.07 Å². The number of hydrogen-bond acceptors (Lipinski definition) is 5. The molecule has 2 rings (SSSR count). The lowest BCUT2D eigenvalue weighted by molar-refractivity contribution is 0.100. The third-order valence-corrected chi connectivity index (χ3v) is 3.90. The van der Waals surface area contributed by atoms with E-state index >= 15 is 0 Å². The van der Waals surface area contributed by atoms with E-state index in [2.05, 4.69) is 10.4 Å². The largest absolute Gasteiger partial charge is 0.298 e. The Bertz CT molecular complexity index is 803. The molecule has 1 aromatic carbocycles. The van der Waals surface area contributed by atoms with Crippen molar-refractivity contribution in [3.8, 4) is 0 Å². The molecule has 2 aromatic rings. The van der Waals surface area contributed by atoms with Gasteiger partial charge in [-0.3, -0.25) is 19.9 Å². The number of carbonyl (C=O) groups excluding carboxylic acids is 2. The summed E-state index contributed by atoms with van der Waals surface area (Å²) in [4.78, 5) is 29.3. The zero-order valence-corrected chi connectivity index (χ0v) is 14.2. The molecule has 1 aromatic heterocycles. The van der Waals surface area contributed by atoms with Crippen LogP contribution in [0.15, 0.2) is 36.4 Å². The van der Waals surface area contributed by atoms with Gasteiger partial charge in [0, 0.05) is 11.1 Å². The Kier molecular flexibility index (Phi) is 5.27. The molecule has 0 aliphatic rings. The number of rotatable bonds is 3. The van der Waals surface area contributed by atoms with Gasteiger partial charge in [0.15, 0.2) is 18.0 Å². The van der Waals surface area contributed by atoms with Gasteiger partial charge in [-0.15, -0.1) is 0 Å². The van der Waals surface area contributed by atoms with E-state index in [4.69, 9.17) is 24.6 Å². The summed E-state index contributed by atoms with van der Waals surface area (Å²) in [7, 11) is 0. The van der Waals surface area contributed by atoms with Crippen LogP contribution >= 0.6 is 35.0 Å². The van der Waals surface area contributed by atoms with Crippen molar-refractivity contribution in [3.05, 3.63) is 57.8 Å². The highest BCUT2D eigenvalue weighted by Gasteiger charge is 2.27. The topological polar surface area (TPSA) is 74.1 Å². The predicted octanol–water partition coefficient (Wildman–Crippen LogP) is 4.15. The average molecular weight is 368 g/mol. The van der Waals surface area contributed by atoms with Crippen LogP contribution in [0, 0.1) is 5.40 Å². The third-order valence-electron chi connectivity index (χ3n) is 2.90. The molecule has 0 aliphatic heterocycles. The number of thioether (sulfide) groups is 1.